The Balaban J connectivity index is 2.97. The van der Waals surface area contributed by atoms with Crippen LogP contribution < -0.4 is 16.0 Å². The SMILES string of the molecule is COC(=O)C(C[C@@H]1CC(C)(C)NC1=O)NC(=O)C(CC(C)(C)C)NC(=O)OC(C)(C)C. The average molecular weight is 442 g/mol. The van der Waals surface area contributed by atoms with Gasteiger partial charge in [-0.1, -0.05) is 20.8 Å². The van der Waals surface area contributed by atoms with Crippen LogP contribution in [0.3, 0.4) is 0 Å². The van der Waals surface area contributed by atoms with Crippen LogP contribution in [0.4, 0.5) is 4.79 Å². The molecule has 2 unspecified atom stereocenters. The fraction of sp³-hybridized carbons (Fsp3) is 0.818. The summed E-state index contributed by atoms with van der Waals surface area (Å²) in [7, 11) is 1.23. The van der Waals surface area contributed by atoms with Gasteiger partial charge in [-0.25, -0.2) is 9.59 Å². The van der Waals surface area contributed by atoms with Crippen LogP contribution in [-0.2, 0) is 23.9 Å². The first-order chi connectivity index (χ1) is 13.9. The molecule has 0 aromatic rings. The van der Waals surface area contributed by atoms with Gasteiger partial charge < -0.3 is 25.4 Å². The second-order valence-corrected chi connectivity index (χ2v) is 11.1. The number of hydrogen-bond acceptors (Lipinski definition) is 6. The molecule has 1 aliphatic rings. The van der Waals surface area contributed by atoms with Gasteiger partial charge in [0, 0.05) is 11.5 Å². The zero-order valence-corrected chi connectivity index (χ0v) is 20.3. The van der Waals surface area contributed by atoms with E-state index in [1.54, 1.807) is 20.8 Å². The molecule has 9 heteroatoms. The summed E-state index contributed by atoms with van der Waals surface area (Å²) >= 11 is 0. The van der Waals surface area contributed by atoms with Crippen molar-refractivity contribution in [3.8, 4) is 0 Å². The van der Waals surface area contributed by atoms with Gasteiger partial charge in [0.05, 0.1) is 7.11 Å². The maximum atomic E-state index is 13.0. The molecule has 3 amide bonds. The second kappa shape index (κ2) is 9.87. The Hall–Kier alpha value is -2.32. The zero-order valence-electron chi connectivity index (χ0n) is 20.3. The molecule has 1 rings (SSSR count). The first kappa shape index (κ1) is 26.7. The number of hydrogen-bond donors (Lipinski definition) is 3. The van der Waals surface area contributed by atoms with Crippen molar-refractivity contribution in [2.75, 3.05) is 7.11 Å². The third-order valence-corrected chi connectivity index (χ3v) is 4.74. The highest BCUT2D eigenvalue weighted by Gasteiger charge is 2.41. The number of carbonyl (C=O) groups is 4. The maximum Gasteiger partial charge on any atom is 0.408 e. The minimum atomic E-state index is -1.01. The van der Waals surface area contributed by atoms with E-state index in [1.165, 1.54) is 7.11 Å². The molecule has 0 radical (unpaired) electrons. The molecule has 1 aliphatic heterocycles. The second-order valence-electron chi connectivity index (χ2n) is 11.1. The van der Waals surface area contributed by atoms with E-state index >= 15 is 0 Å². The lowest BCUT2D eigenvalue weighted by Crippen LogP contribution is -2.54. The number of rotatable bonds is 7. The third kappa shape index (κ3) is 9.57. The molecule has 3 atom stereocenters. The van der Waals surface area contributed by atoms with Crippen molar-refractivity contribution in [2.45, 2.75) is 97.9 Å². The van der Waals surface area contributed by atoms with Crippen LogP contribution in [0.25, 0.3) is 0 Å². The molecule has 31 heavy (non-hydrogen) atoms. The molecule has 178 valence electrons. The van der Waals surface area contributed by atoms with Crippen molar-refractivity contribution < 1.29 is 28.7 Å². The Morgan fingerprint density at radius 2 is 1.68 bits per heavy atom. The Bertz CT molecular complexity index is 690. The van der Waals surface area contributed by atoms with Crippen molar-refractivity contribution in [2.24, 2.45) is 11.3 Å². The average Bonchev–Trinajstić information content (AvgIpc) is 2.81. The normalized spacial score (nSPS) is 20.3. The number of methoxy groups -OCH3 is 1. The number of nitrogens with one attached hydrogen (secondary N) is 3. The molecule has 1 saturated heterocycles. The summed E-state index contributed by atoms with van der Waals surface area (Å²) in [5.74, 6) is -1.77. The summed E-state index contributed by atoms with van der Waals surface area (Å²) in [4.78, 5) is 49.9. The number of amides is 3. The standard InChI is InChI=1S/C22H39N3O6/c1-20(2,3)12-15(24-19(29)31-21(4,5)6)17(27)23-14(18(28)30-9)10-13-11-22(7,8)25-16(13)26/h13-15H,10-12H2,1-9H3,(H,23,27)(H,24,29)(H,25,26)/t13-,14?,15?/m1/s1. The van der Waals surface area contributed by atoms with Gasteiger partial charge in [-0.05, 0) is 59.3 Å². The molecule has 0 bridgehead atoms. The highest BCUT2D eigenvalue weighted by Crippen LogP contribution is 2.28. The van der Waals surface area contributed by atoms with Gasteiger partial charge in [0.15, 0.2) is 0 Å². The Kier molecular flexibility index (Phi) is 8.51. The summed E-state index contributed by atoms with van der Waals surface area (Å²) in [5.41, 5.74) is -1.38. The van der Waals surface area contributed by atoms with Gasteiger partial charge in [-0.2, -0.15) is 0 Å². The first-order valence-corrected chi connectivity index (χ1v) is 10.6. The van der Waals surface area contributed by atoms with Gasteiger partial charge in [-0.3, -0.25) is 9.59 Å². The topological polar surface area (TPSA) is 123 Å². The van der Waals surface area contributed by atoms with Crippen LogP contribution >= 0.6 is 0 Å². The maximum absolute atomic E-state index is 13.0. The Labute approximate surface area is 185 Å². The van der Waals surface area contributed by atoms with Crippen LogP contribution in [0.15, 0.2) is 0 Å². The van der Waals surface area contributed by atoms with Crippen LogP contribution in [-0.4, -0.2) is 54.2 Å². The quantitative estimate of drug-likeness (QED) is 0.521. The van der Waals surface area contributed by atoms with E-state index in [0.717, 1.165) is 0 Å². The molecule has 1 fully saturated rings. The third-order valence-electron chi connectivity index (χ3n) is 4.74. The molecule has 0 aliphatic carbocycles. The fourth-order valence-electron chi connectivity index (χ4n) is 3.57. The van der Waals surface area contributed by atoms with Gasteiger partial charge in [0.25, 0.3) is 0 Å². The Morgan fingerprint density at radius 1 is 1.10 bits per heavy atom. The van der Waals surface area contributed by atoms with Crippen molar-refractivity contribution >= 4 is 23.9 Å². The predicted octanol–water partition coefficient (Wildman–Crippen LogP) is 2.28. The van der Waals surface area contributed by atoms with Gasteiger partial charge in [-0.15, -0.1) is 0 Å². The van der Waals surface area contributed by atoms with Gasteiger partial charge in [0.2, 0.25) is 11.8 Å². The monoisotopic (exact) mass is 441 g/mol. The zero-order chi connectivity index (χ0) is 24.2. The predicted molar refractivity (Wildman–Crippen MR) is 116 cm³/mol. The van der Waals surface area contributed by atoms with Gasteiger partial charge >= 0.3 is 12.1 Å². The van der Waals surface area contributed by atoms with Crippen molar-refractivity contribution in [3.63, 3.8) is 0 Å². The van der Waals surface area contributed by atoms with E-state index in [2.05, 4.69) is 16.0 Å². The molecule has 0 aromatic heterocycles. The summed E-state index contributed by atoms with van der Waals surface area (Å²) in [5, 5.41) is 8.16. The molecule has 0 spiro atoms. The minimum absolute atomic E-state index is 0.113. The summed E-state index contributed by atoms with van der Waals surface area (Å²) in [6.07, 6.45) is 0.255. The van der Waals surface area contributed by atoms with Crippen LogP contribution in [0, 0.1) is 11.3 Å². The summed E-state index contributed by atoms with van der Waals surface area (Å²) in [6.45, 7) is 14.8. The number of ether oxygens (including phenoxy) is 2. The van der Waals surface area contributed by atoms with Crippen LogP contribution in [0.1, 0.15) is 74.7 Å². The largest absolute Gasteiger partial charge is 0.467 e. The minimum Gasteiger partial charge on any atom is -0.467 e. The summed E-state index contributed by atoms with van der Waals surface area (Å²) < 4.78 is 10.1. The molecular weight excluding hydrogens is 402 g/mol. The van der Waals surface area contributed by atoms with Crippen molar-refractivity contribution in [3.05, 3.63) is 0 Å². The van der Waals surface area contributed by atoms with Crippen molar-refractivity contribution in [1.82, 2.24) is 16.0 Å². The lowest BCUT2D eigenvalue weighted by molar-refractivity contribution is -0.146. The fourth-order valence-corrected chi connectivity index (χ4v) is 3.57. The van der Waals surface area contributed by atoms with E-state index in [0.29, 0.717) is 12.8 Å². The van der Waals surface area contributed by atoms with Crippen LogP contribution in [0.5, 0.6) is 0 Å². The van der Waals surface area contributed by atoms with Gasteiger partial charge in [0.1, 0.15) is 17.7 Å². The molecule has 1 heterocycles. The number of carbonyl (C=O) groups excluding carboxylic acids is 4. The lowest BCUT2D eigenvalue weighted by Gasteiger charge is -2.29. The number of esters is 1. The molecule has 0 aromatic carbocycles. The summed E-state index contributed by atoms with van der Waals surface area (Å²) in [6, 6.07) is -1.93. The molecule has 3 N–H and O–H groups in total. The molecule has 9 nitrogen and oxygen atoms in total. The molecular formula is C22H39N3O6. The van der Waals surface area contributed by atoms with Crippen LogP contribution in [0.2, 0.25) is 0 Å². The first-order valence-electron chi connectivity index (χ1n) is 10.6. The lowest BCUT2D eigenvalue weighted by atomic mass is 9.87. The highest BCUT2D eigenvalue weighted by atomic mass is 16.6. The van der Waals surface area contributed by atoms with E-state index in [4.69, 9.17) is 9.47 Å². The smallest absolute Gasteiger partial charge is 0.408 e. The van der Waals surface area contributed by atoms with E-state index in [1.807, 2.05) is 34.6 Å². The van der Waals surface area contributed by atoms with Crippen molar-refractivity contribution in [1.29, 1.82) is 0 Å². The van der Waals surface area contributed by atoms with E-state index in [-0.39, 0.29) is 23.3 Å². The van der Waals surface area contributed by atoms with E-state index in [9.17, 15) is 19.2 Å². The number of alkyl carbamates (subject to hydrolysis) is 1. The highest BCUT2D eigenvalue weighted by molar-refractivity contribution is 5.90. The molecule has 0 saturated carbocycles. The van der Waals surface area contributed by atoms with E-state index < -0.39 is 41.6 Å². The Morgan fingerprint density at radius 3 is 2.10 bits per heavy atom.